The zero-order valence-electron chi connectivity index (χ0n) is 8.78. The SMILES string of the molecule is O=C(O)c1ccc(F)c(OCC2CCC2)c1. The minimum absolute atomic E-state index is 0.0341. The van der Waals surface area contributed by atoms with Crippen LogP contribution in [0.5, 0.6) is 5.75 Å². The first-order valence-corrected chi connectivity index (χ1v) is 5.32. The number of carbonyl (C=O) groups is 1. The van der Waals surface area contributed by atoms with Crippen LogP contribution in [-0.2, 0) is 0 Å². The quantitative estimate of drug-likeness (QED) is 0.855. The Kier molecular flexibility index (Phi) is 3.08. The van der Waals surface area contributed by atoms with Crippen molar-refractivity contribution in [2.24, 2.45) is 5.92 Å². The Balaban J connectivity index is 2.05. The minimum atomic E-state index is -1.08. The molecule has 4 heteroatoms. The molecule has 0 saturated heterocycles. The Morgan fingerprint density at radius 2 is 2.25 bits per heavy atom. The third-order valence-corrected chi connectivity index (χ3v) is 2.88. The summed E-state index contributed by atoms with van der Waals surface area (Å²) in [5, 5.41) is 8.76. The maximum absolute atomic E-state index is 13.3. The van der Waals surface area contributed by atoms with Crippen molar-refractivity contribution >= 4 is 5.97 Å². The molecule has 1 N–H and O–H groups in total. The number of carboxylic acid groups (broad SMARTS) is 1. The lowest BCUT2D eigenvalue weighted by Crippen LogP contribution is -2.19. The van der Waals surface area contributed by atoms with Crippen LogP contribution < -0.4 is 4.74 Å². The van der Waals surface area contributed by atoms with Gasteiger partial charge >= 0.3 is 5.97 Å². The van der Waals surface area contributed by atoms with E-state index >= 15 is 0 Å². The first kappa shape index (κ1) is 10.9. The summed E-state index contributed by atoms with van der Waals surface area (Å²) in [5.41, 5.74) is 0.0463. The second kappa shape index (κ2) is 4.51. The Morgan fingerprint density at radius 1 is 1.50 bits per heavy atom. The van der Waals surface area contributed by atoms with Crippen LogP contribution in [0.2, 0.25) is 0 Å². The van der Waals surface area contributed by atoms with Gasteiger partial charge in [-0.1, -0.05) is 6.42 Å². The molecule has 3 nitrogen and oxygen atoms in total. The van der Waals surface area contributed by atoms with E-state index in [4.69, 9.17) is 9.84 Å². The van der Waals surface area contributed by atoms with Crippen molar-refractivity contribution < 1.29 is 19.0 Å². The van der Waals surface area contributed by atoms with Crippen LogP contribution in [0, 0.1) is 11.7 Å². The fraction of sp³-hybridized carbons (Fsp3) is 0.417. The lowest BCUT2D eigenvalue weighted by atomic mass is 9.86. The highest BCUT2D eigenvalue weighted by Gasteiger charge is 2.19. The van der Waals surface area contributed by atoms with Crippen molar-refractivity contribution in [1.82, 2.24) is 0 Å². The largest absolute Gasteiger partial charge is 0.490 e. The molecular formula is C12H13FO3. The van der Waals surface area contributed by atoms with Crippen molar-refractivity contribution in [3.63, 3.8) is 0 Å². The molecule has 0 aromatic heterocycles. The maximum atomic E-state index is 13.3. The van der Waals surface area contributed by atoms with Gasteiger partial charge < -0.3 is 9.84 Å². The van der Waals surface area contributed by atoms with E-state index in [2.05, 4.69) is 0 Å². The van der Waals surface area contributed by atoms with Crippen LogP contribution in [0.15, 0.2) is 18.2 Å². The van der Waals surface area contributed by atoms with Gasteiger partial charge in [-0.25, -0.2) is 9.18 Å². The molecule has 0 radical (unpaired) electrons. The molecule has 0 atom stereocenters. The van der Waals surface area contributed by atoms with Crippen LogP contribution in [0.3, 0.4) is 0 Å². The molecule has 0 bridgehead atoms. The third-order valence-electron chi connectivity index (χ3n) is 2.88. The van der Waals surface area contributed by atoms with Crippen molar-refractivity contribution in [3.8, 4) is 5.75 Å². The van der Waals surface area contributed by atoms with Gasteiger partial charge in [0.05, 0.1) is 12.2 Å². The van der Waals surface area contributed by atoms with E-state index in [0.717, 1.165) is 18.9 Å². The number of rotatable bonds is 4. The number of benzene rings is 1. The van der Waals surface area contributed by atoms with Crippen LogP contribution in [-0.4, -0.2) is 17.7 Å². The van der Waals surface area contributed by atoms with E-state index in [1.54, 1.807) is 0 Å². The molecule has 0 amide bonds. The Hall–Kier alpha value is -1.58. The van der Waals surface area contributed by atoms with Crippen molar-refractivity contribution in [3.05, 3.63) is 29.6 Å². The molecule has 1 fully saturated rings. The molecule has 1 aliphatic carbocycles. The molecule has 0 aliphatic heterocycles. The first-order valence-electron chi connectivity index (χ1n) is 5.32. The molecule has 2 rings (SSSR count). The van der Waals surface area contributed by atoms with Gasteiger partial charge in [0.15, 0.2) is 11.6 Å². The Labute approximate surface area is 92.9 Å². The molecule has 1 aromatic carbocycles. The molecule has 0 heterocycles. The number of halogens is 1. The van der Waals surface area contributed by atoms with Crippen LogP contribution >= 0.6 is 0 Å². The topological polar surface area (TPSA) is 46.5 Å². The summed E-state index contributed by atoms with van der Waals surface area (Å²) < 4.78 is 18.6. The molecule has 0 spiro atoms. The van der Waals surface area contributed by atoms with E-state index in [0.29, 0.717) is 12.5 Å². The summed E-state index contributed by atoms with van der Waals surface area (Å²) in [6, 6.07) is 3.59. The zero-order chi connectivity index (χ0) is 11.5. The highest BCUT2D eigenvalue weighted by molar-refractivity contribution is 5.88. The molecule has 1 aliphatic rings. The van der Waals surface area contributed by atoms with Gasteiger partial charge in [-0.2, -0.15) is 0 Å². The highest BCUT2D eigenvalue weighted by atomic mass is 19.1. The normalized spacial score (nSPS) is 15.6. The summed E-state index contributed by atoms with van der Waals surface area (Å²) in [6.07, 6.45) is 3.42. The van der Waals surface area contributed by atoms with Crippen LogP contribution in [0.4, 0.5) is 4.39 Å². The average molecular weight is 224 g/mol. The fourth-order valence-corrected chi connectivity index (χ4v) is 1.61. The predicted octanol–water partition coefficient (Wildman–Crippen LogP) is 2.70. The molecule has 1 aromatic rings. The fourth-order valence-electron chi connectivity index (χ4n) is 1.61. The third kappa shape index (κ3) is 2.32. The summed E-state index contributed by atoms with van der Waals surface area (Å²) in [5.74, 6) is -1.06. The van der Waals surface area contributed by atoms with Gasteiger partial charge in [0, 0.05) is 0 Å². The van der Waals surface area contributed by atoms with E-state index < -0.39 is 11.8 Å². The van der Waals surface area contributed by atoms with Crippen LogP contribution in [0.1, 0.15) is 29.6 Å². The second-order valence-corrected chi connectivity index (χ2v) is 4.06. The number of hydrogen-bond donors (Lipinski definition) is 1. The number of ether oxygens (including phenoxy) is 1. The van der Waals surface area contributed by atoms with Gasteiger partial charge in [-0.15, -0.1) is 0 Å². The van der Waals surface area contributed by atoms with E-state index in [1.165, 1.54) is 18.6 Å². The zero-order valence-corrected chi connectivity index (χ0v) is 8.78. The molecule has 0 unspecified atom stereocenters. The summed E-state index contributed by atoms with van der Waals surface area (Å²) in [6.45, 7) is 0.472. The number of carboxylic acids is 1. The summed E-state index contributed by atoms with van der Waals surface area (Å²) in [4.78, 5) is 10.7. The lowest BCUT2D eigenvalue weighted by molar-refractivity contribution is 0.0696. The summed E-state index contributed by atoms with van der Waals surface area (Å²) in [7, 11) is 0. The predicted molar refractivity (Wildman–Crippen MR) is 56.2 cm³/mol. The van der Waals surface area contributed by atoms with E-state index in [-0.39, 0.29) is 11.3 Å². The van der Waals surface area contributed by atoms with Crippen molar-refractivity contribution in [2.75, 3.05) is 6.61 Å². The van der Waals surface area contributed by atoms with Gasteiger partial charge in [0.2, 0.25) is 0 Å². The molecular weight excluding hydrogens is 211 g/mol. The van der Waals surface area contributed by atoms with Gasteiger partial charge in [0.1, 0.15) is 0 Å². The smallest absolute Gasteiger partial charge is 0.335 e. The molecule has 86 valence electrons. The maximum Gasteiger partial charge on any atom is 0.335 e. The standard InChI is InChI=1S/C12H13FO3/c13-10-5-4-9(12(14)15)6-11(10)16-7-8-2-1-3-8/h4-6,8H,1-3,7H2,(H,14,15). The number of aromatic carboxylic acids is 1. The van der Waals surface area contributed by atoms with Gasteiger partial charge in [-0.3, -0.25) is 0 Å². The first-order chi connectivity index (χ1) is 7.66. The minimum Gasteiger partial charge on any atom is -0.490 e. The Morgan fingerprint density at radius 3 is 2.81 bits per heavy atom. The van der Waals surface area contributed by atoms with Gasteiger partial charge in [-0.05, 0) is 37.0 Å². The van der Waals surface area contributed by atoms with Crippen LogP contribution in [0.25, 0.3) is 0 Å². The van der Waals surface area contributed by atoms with Crippen molar-refractivity contribution in [2.45, 2.75) is 19.3 Å². The van der Waals surface area contributed by atoms with E-state index in [9.17, 15) is 9.18 Å². The van der Waals surface area contributed by atoms with Gasteiger partial charge in [0.25, 0.3) is 0 Å². The lowest BCUT2D eigenvalue weighted by Gasteiger charge is -2.25. The second-order valence-electron chi connectivity index (χ2n) is 4.06. The van der Waals surface area contributed by atoms with Crippen molar-refractivity contribution in [1.29, 1.82) is 0 Å². The Bertz CT molecular complexity index is 399. The highest BCUT2D eigenvalue weighted by Crippen LogP contribution is 2.28. The molecule has 1 saturated carbocycles. The number of hydrogen-bond acceptors (Lipinski definition) is 2. The summed E-state index contributed by atoms with van der Waals surface area (Å²) >= 11 is 0. The van der Waals surface area contributed by atoms with E-state index in [1.807, 2.05) is 0 Å². The average Bonchev–Trinajstić information content (AvgIpc) is 2.18. The monoisotopic (exact) mass is 224 g/mol. The molecule has 16 heavy (non-hydrogen) atoms.